The highest BCUT2D eigenvalue weighted by Crippen LogP contribution is 2.17. The molecule has 1 unspecified atom stereocenters. The van der Waals surface area contributed by atoms with Crippen molar-refractivity contribution in [2.45, 2.75) is 40.7 Å². The molecule has 0 aliphatic heterocycles. The number of nitrogens with zero attached hydrogens (tertiary/aromatic N) is 1. The molecular formula is C24H32N4O3. The molecule has 3 N–H and O–H groups in total. The SMILES string of the molecule is CCN(CC(=O)Nc1ccc(NC(C)=O)cc1)CC(=O)NC(C)c1ccc(C)c(C)c1. The molecule has 0 fully saturated rings. The maximum absolute atomic E-state index is 12.5. The second kappa shape index (κ2) is 11.3. The van der Waals surface area contributed by atoms with Crippen molar-refractivity contribution in [3.63, 3.8) is 0 Å². The summed E-state index contributed by atoms with van der Waals surface area (Å²) in [7, 11) is 0. The van der Waals surface area contributed by atoms with Crippen LogP contribution in [0.15, 0.2) is 42.5 Å². The average Bonchev–Trinajstić information content (AvgIpc) is 2.70. The number of anilines is 2. The van der Waals surface area contributed by atoms with Crippen LogP contribution in [0.25, 0.3) is 0 Å². The molecule has 2 rings (SSSR count). The highest BCUT2D eigenvalue weighted by molar-refractivity contribution is 5.93. The molecule has 0 radical (unpaired) electrons. The first kappa shape index (κ1) is 24.1. The van der Waals surface area contributed by atoms with Crippen LogP contribution in [0, 0.1) is 13.8 Å². The second-order valence-electron chi connectivity index (χ2n) is 7.74. The normalized spacial score (nSPS) is 11.7. The lowest BCUT2D eigenvalue weighted by Gasteiger charge is -2.21. The van der Waals surface area contributed by atoms with Crippen LogP contribution >= 0.6 is 0 Å². The molecule has 31 heavy (non-hydrogen) atoms. The Labute approximate surface area is 184 Å². The van der Waals surface area contributed by atoms with Crippen LogP contribution in [-0.4, -0.2) is 42.3 Å². The van der Waals surface area contributed by atoms with Gasteiger partial charge in [0.05, 0.1) is 19.1 Å². The van der Waals surface area contributed by atoms with Crippen molar-refractivity contribution in [1.82, 2.24) is 10.2 Å². The van der Waals surface area contributed by atoms with Crippen molar-refractivity contribution in [3.05, 3.63) is 59.2 Å². The Morgan fingerprint density at radius 2 is 1.45 bits per heavy atom. The van der Waals surface area contributed by atoms with Gasteiger partial charge in [-0.05, 0) is 68.3 Å². The predicted molar refractivity (Wildman–Crippen MR) is 124 cm³/mol. The molecule has 7 heteroatoms. The molecule has 0 saturated carbocycles. The fourth-order valence-electron chi connectivity index (χ4n) is 3.13. The summed E-state index contributed by atoms with van der Waals surface area (Å²) in [6, 6.07) is 12.9. The van der Waals surface area contributed by atoms with E-state index in [4.69, 9.17) is 0 Å². The van der Waals surface area contributed by atoms with Gasteiger partial charge < -0.3 is 16.0 Å². The second-order valence-corrected chi connectivity index (χ2v) is 7.74. The summed E-state index contributed by atoms with van der Waals surface area (Å²) in [5, 5.41) is 8.50. The van der Waals surface area contributed by atoms with Gasteiger partial charge in [0.1, 0.15) is 0 Å². The number of amides is 3. The molecule has 0 aliphatic rings. The standard InChI is InChI=1S/C24H32N4O3/c1-6-28(14-23(30)25-18(4)20-8-7-16(2)17(3)13-20)15-24(31)27-22-11-9-21(10-12-22)26-19(5)29/h7-13,18H,6,14-15H2,1-5H3,(H,25,30)(H,26,29)(H,27,31). The van der Waals surface area contributed by atoms with E-state index in [-0.39, 0.29) is 36.9 Å². The van der Waals surface area contributed by atoms with Gasteiger partial charge in [0.15, 0.2) is 0 Å². The third-order valence-corrected chi connectivity index (χ3v) is 5.08. The van der Waals surface area contributed by atoms with E-state index in [2.05, 4.69) is 41.9 Å². The highest BCUT2D eigenvalue weighted by atomic mass is 16.2. The minimum Gasteiger partial charge on any atom is -0.348 e. The Morgan fingerprint density at radius 1 is 0.871 bits per heavy atom. The number of hydrogen-bond donors (Lipinski definition) is 3. The van der Waals surface area contributed by atoms with Crippen molar-refractivity contribution in [2.75, 3.05) is 30.3 Å². The maximum atomic E-state index is 12.5. The van der Waals surface area contributed by atoms with Gasteiger partial charge in [-0.2, -0.15) is 0 Å². The Balaban J connectivity index is 1.85. The molecule has 7 nitrogen and oxygen atoms in total. The van der Waals surface area contributed by atoms with Crippen molar-refractivity contribution >= 4 is 29.1 Å². The first-order chi connectivity index (χ1) is 14.7. The smallest absolute Gasteiger partial charge is 0.238 e. The number of hydrogen-bond acceptors (Lipinski definition) is 4. The molecule has 0 spiro atoms. The molecule has 3 amide bonds. The van der Waals surface area contributed by atoms with Crippen molar-refractivity contribution in [1.29, 1.82) is 0 Å². The highest BCUT2D eigenvalue weighted by Gasteiger charge is 2.16. The van der Waals surface area contributed by atoms with Crippen LogP contribution < -0.4 is 16.0 Å². The molecule has 1 atom stereocenters. The largest absolute Gasteiger partial charge is 0.348 e. The monoisotopic (exact) mass is 424 g/mol. The van der Waals surface area contributed by atoms with E-state index >= 15 is 0 Å². The predicted octanol–water partition coefficient (Wildman–Crippen LogP) is 3.40. The Morgan fingerprint density at radius 3 is 2.00 bits per heavy atom. The number of benzene rings is 2. The molecule has 0 saturated heterocycles. The van der Waals surface area contributed by atoms with Crippen LogP contribution in [0.1, 0.15) is 43.5 Å². The zero-order valence-electron chi connectivity index (χ0n) is 18.9. The molecular weight excluding hydrogens is 392 g/mol. The van der Waals surface area contributed by atoms with Gasteiger partial charge in [0.2, 0.25) is 17.7 Å². The molecule has 0 aromatic heterocycles. The minimum absolute atomic E-state index is 0.107. The lowest BCUT2D eigenvalue weighted by molar-refractivity contribution is -0.124. The van der Waals surface area contributed by atoms with Crippen LogP contribution in [0.3, 0.4) is 0 Å². The summed E-state index contributed by atoms with van der Waals surface area (Å²) < 4.78 is 0. The van der Waals surface area contributed by atoms with Crippen molar-refractivity contribution < 1.29 is 14.4 Å². The fraction of sp³-hybridized carbons (Fsp3) is 0.375. The number of carbonyl (C=O) groups is 3. The lowest BCUT2D eigenvalue weighted by Crippen LogP contribution is -2.41. The molecule has 0 bridgehead atoms. The van der Waals surface area contributed by atoms with Gasteiger partial charge in [-0.25, -0.2) is 0 Å². The minimum atomic E-state index is -0.205. The summed E-state index contributed by atoms with van der Waals surface area (Å²) in [4.78, 5) is 37.7. The molecule has 0 aliphatic carbocycles. The number of nitrogens with one attached hydrogen (secondary N) is 3. The molecule has 0 heterocycles. The zero-order valence-corrected chi connectivity index (χ0v) is 18.9. The lowest BCUT2D eigenvalue weighted by atomic mass is 10.0. The number of aryl methyl sites for hydroxylation is 2. The number of likely N-dealkylation sites (N-methyl/N-ethyl adjacent to an activating group) is 1. The summed E-state index contributed by atoms with van der Waals surface area (Å²) in [6.07, 6.45) is 0. The fourth-order valence-corrected chi connectivity index (χ4v) is 3.13. The summed E-state index contributed by atoms with van der Waals surface area (Å²) >= 11 is 0. The van der Waals surface area contributed by atoms with Crippen LogP contribution in [0.5, 0.6) is 0 Å². The Hall–Kier alpha value is -3.19. The number of carbonyl (C=O) groups excluding carboxylic acids is 3. The first-order valence-electron chi connectivity index (χ1n) is 10.4. The Bertz CT molecular complexity index is 925. The third kappa shape index (κ3) is 7.86. The molecule has 166 valence electrons. The van der Waals surface area contributed by atoms with E-state index in [1.165, 1.54) is 18.1 Å². The van der Waals surface area contributed by atoms with Gasteiger partial charge >= 0.3 is 0 Å². The van der Waals surface area contributed by atoms with Gasteiger partial charge in [0, 0.05) is 18.3 Å². The van der Waals surface area contributed by atoms with E-state index in [1.54, 1.807) is 29.2 Å². The van der Waals surface area contributed by atoms with E-state index in [1.807, 2.05) is 19.9 Å². The van der Waals surface area contributed by atoms with Crippen LogP contribution in [0.4, 0.5) is 11.4 Å². The van der Waals surface area contributed by atoms with Gasteiger partial charge in [-0.15, -0.1) is 0 Å². The van der Waals surface area contributed by atoms with E-state index in [9.17, 15) is 14.4 Å². The third-order valence-electron chi connectivity index (χ3n) is 5.08. The summed E-state index contributed by atoms with van der Waals surface area (Å²) in [5.74, 6) is -0.482. The van der Waals surface area contributed by atoms with E-state index in [0.717, 1.165) is 5.56 Å². The quantitative estimate of drug-likeness (QED) is 0.575. The zero-order chi connectivity index (χ0) is 23.0. The summed E-state index contributed by atoms with van der Waals surface area (Å²) in [5.41, 5.74) is 4.75. The van der Waals surface area contributed by atoms with E-state index < -0.39 is 0 Å². The van der Waals surface area contributed by atoms with E-state index in [0.29, 0.717) is 17.9 Å². The van der Waals surface area contributed by atoms with Crippen LogP contribution in [0.2, 0.25) is 0 Å². The van der Waals surface area contributed by atoms with Gasteiger partial charge in [-0.3, -0.25) is 19.3 Å². The van der Waals surface area contributed by atoms with Gasteiger partial charge in [-0.1, -0.05) is 25.1 Å². The number of rotatable bonds is 9. The first-order valence-corrected chi connectivity index (χ1v) is 10.4. The van der Waals surface area contributed by atoms with Crippen molar-refractivity contribution in [2.24, 2.45) is 0 Å². The van der Waals surface area contributed by atoms with Crippen molar-refractivity contribution in [3.8, 4) is 0 Å². The van der Waals surface area contributed by atoms with Crippen LogP contribution in [-0.2, 0) is 14.4 Å². The maximum Gasteiger partial charge on any atom is 0.238 e. The van der Waals surface area contributed by atoms with Gasteiger partial charge in [0.25, 0.3) is 0 Å². The Kier molecular flexibility index (Phi) is 8.75. The molecule has 2 aromatic carbocycles. The topological polar surface area (TPSA) is 90.5 Å². The molecule has 2 aromatic rings. The summed E-state index contributed by atoms with van der Waals surface area (Å²) in [6.45, 7) is 10.2. The average molecular weight is 425 g/mol.